The van der Waals surface area contributed by atoms with Crippen LogP contribution in [0.4, 0.5) is 0 Å². The molecule has 0 aliphatic heterocycles. The van der Waals surface area contributed by atoms with Crippen LogP contribution in [0.3, 0.4) is 0 Å². The van der Waals surface area contributed by atoms with Gasteiger partial charge in [0.05, 0.1) is 6.61 Å². The van der Waals surface area contributed by atoms with Gasteiger partial charge in [0, 0.05) is 6.61 Å². The zero-order valence-corrected chi connectivity index (χ0v) is 11.2. The Morgan fingerprint density at radius 3 is 2.58 bits per heavy atom. The summed E-state index contributed by atoms with van der Waals surface area (Å²) in [5.41, 5.74) is 4.42. The van der Waals surface area contributed by atoms with Crippen LogP contribution in [0.2, 0.25) is 0 Å². The average molecular weight is 267 g/mol. The van der Waals surface area contributed by atoms with Crippen molar-refractivity contribution >= 4 is 5.97 Å². The quantitative estimate of drug-likeness (QED) is 0.665. The van der Waals surface area contributed by atoms with Crippen LogP contribution in [0.5, 0.6) is 5.75 Å². The minimum absolute atomic E-state index is 0.391. The van der Waals surface area contributed by atoms with Gasteiger partial charge in [-0.3, -0.25) is 4.79 Å². The molecule has 1 atom stereocenters. The van der Waals surface area contributed by atoms with Gasteiger partial charge in [0.1, 0.15) is 17.9 Å². The van der Waals surface area contributed by atoms with Crippen LogP contribution in [-0.4, -0.2) is 36.4 Å². The van der Waals surface area contributed by atoms with Crippen LogP contribution in [0.15, 0.2) is 30.3 Å². The van der Waals surface area contributed by atoms with Crippen LogP contribution in [0.1, 0.15) is 19.8 Å². The summed E-state index contributed by atoms with van der Waals surface area (Å²) in [6.07, 6.45) is 1.01. The SMILES string of the molecule is CC(N)(CCCOCCOc1ccccc1)C(=O)O. The number of nitrogens with two attached hydrogens (primary N) is 1. The van der Waals surface area contributed by atoms with Crippen LogP contribution in [0.25, 0.3) is 0 Å². The normalized spacial score (nSPS) is 13.8. The molecule has 1 unspecified atom stereocenters. The van der Waals surface area contributed by atoms with Gasteiger partial charge in [0.15, 0.2) is 0 Å². The van der Waals surface area contributed by atoms with E-state index in [0.717, 1.165) is 5.75 Å². The molecular weight excluding hydrogens is 246 g/mol. The van der Waals surface area contributed by atoms with Gasteiger partial charge in [-0.1, -0.05) is 18.2 Å². The zero-order chi connectivity index (χ0) is 14.1. The molecule has 0 bridgehead atoms. The van der Waals surface area contributed by atoms with Gasteiger partial charge in [-0.05, 0) is 31.9 Å². The predicted molar refractivity (Wildman–Crippen MR) is 72.2 cm³/mol. The maximum atomic E-state index is 10.8. The molecule has 0 spiro atoms. The summed E-state index contributed by atoms with van der Waals surface area (Å²) in [4.78, 5) is 10.8. The Morgan fingerprint density at radius 2 is 1.95 bits per heavy atom. The first-order valence-electron chi connectivity index (χ1n) is 6.30. The summed E-state index contributed by atoms with van der Waals surface area (Å²) < 4.78 is 10.8. The maximum Gasteiger partial charge on any atom is 0.323 e. The second-order valence-electron chi connectivity index (χ2n) is 4.60. The number of para-hydroxylation sites is 1. The average Bonchev–Trinajstić information content (AvgIpc) is 2.38. The molecule has 0 aromatic heterocycles. The maximum absolute atomic E-state index is 10.8. The molecule has 0 heterocycles. The van der Waals surface area contributed by atoms with Gasteiger partial charge in [0.2, 0.25) is 0 Å². The van der Waals surface area contributed by atoms with Gasteiger partial charge < -0.3 is 20.3 Å². The van der Waals surface area contributed by atoms with Gasteiger partial charge in [-0.2, -0.15) is 0 Å². The number of hydrogen-bond donors (Lipinski definition) is 2. The van der Waals surface area contributed by atoms with Gasteiger partial charge in [0.25, 0.3) is 0 Å². The van der Waals surface area contributed by atoms with E-state index in [4.69, 9.17) is 20.3 Å². The van der Waals surface area contributed by atoms with Crippen molar-refractivity contribution in [2.24, 2.45) is 5.73 Å². The molecule has 5 nitrogen and oxygen atoms in total. The first-order chi connectivity index (χ1) is 9.02. The monoisotopic (exact) mass is 267 g/mol. The number of ether oxygens (including phenoxy) is 2. The van der Waals surface area contributed by atoms with Crippen molar-refractivity contribution in [1.29, 1.82) is 0 Å². The van der Waals surface area contributed by atoms with Crippen LogP contribution in [-0.2, 0) is 9.53 Å². The van der Waals surface area contributed by atoms with Crippen molar-refractivity contribution in [3.63, 3.8) is 0 Å². The molecule has 5 heteroatoms. The Morgan fingerprint density at radius 1 is 1.26 bits per heavy atom. The summed E-state index contributed by atoms with van der Waals surface area (Å²) in [7, 11) is 0. The molecule has 106 valence electrons. The molecule has 0 aliphatic rings. The Kier molecular flexibility index (Phi) is 6.32. The highest BCUT2D eigenvalue weighted by molar-refractivity contribution is 5.77. The summed E-state index contributed by atoms with van der Waals surface area (Å²) in [5.74, 6) is -0.175. The van der Waals surface area contributed by atoms with E-state index in [1.54, 1.807) is 0 Å². The summed E-state index contributed by atoms with van der Waals surface area (Å²) in [6.45, 7) is 2.94. The van der Waals surface area contributed by atoms with E-state index in [1.807, 2.05) is 30.3 Å². The Labute approximate surface area is 113 Å². The fraction of sp³-hybridized carbons (Fsp3) is 0.500. The molecule has 3 N–H and O–H groups in total. The molecular formula is C14H21NO4. The Hall–Kier alpha value is -1.59. The minimum atomic E-state index is -1.18. The second-order valence-corrected chi connectivity index (χ2v) is 4.60. The molecule has 0 aliphatic carbocycles. The summed E-state index contributed by atoms with van der Waals surface area (Å²) in [5, 5.41) is 8.82. The number of carbonyl (C=O) groups is 1. The fourth-order valence-electron chi connectivity index (χ4n) is 1.49. The molecule has 0 fully saturated rings. The zero-order valence-electron chi connectivity index (χ0n) is 11.2. The molecule has 19 heavy (non-hydrogen) atoms. The summed E-state index contributed by atoms with van der Waals surface area (Å²) in [6, 6.07) is 9.50. The highest BCUT2D eigenvalue weighted by Crippen LogP contribution is 2.09. The molecule has 0 saturated carbocycles. The lowest BCUT2D eigenvalue weighted by atomic mass is 9.98. The molecule has 1 rings (SSSR count). The number of carboxylic acid groups (broad SMARTS) is 1. The molecule has 0 amide bonds. The minimum Gasteiger partial charge on any atom is -0.491 e. The van der Waals surface area contributed by atoms with Crippen molar-refractivity contribution in [2.45, 2.75) is 25.3 Å². The topological polar surface area (TPSA) is 81.8 Å². The smallest absolute Gasteiger partial charge is 0.323 e. The number of aliphatic carboxylic acids is 1. The summed E-state index contributed by atoms with van der Waals surface area (Å²) >= 11 is 0. The van der Waals surface area contributed by atoms with Crippen LogP contribution >= 0.6 is 0 Å². The Balaban J connectivity index is 2.02. The highest BCUT2D eigenvalue weighted by atomic mass is 16.5. The molecule has 1 aromatic rings. The third-order valence-corrected chi connectivity index (χ3v) is 2.71. The standard InChI is InChI=1S/C14H21NO4/c1-14(15,13(16)17)8-5-9-18-10-11-19-12-6-3-2-4-7-12/h2-4,6-7H,5,8-11,15H2,1H3,(H,16,17). The van der Waals surface area contributed by atoms with Crippen molar-refractivity contribution in [2.75, 3.05) is 19.8 Å². The van der Waals surface area contributed by atoms with E-state index in [9.17, 15) is 4.79 Å². The van der Waals surface area contributed by atoms with E-state index < -0.39 is 11.5 Å². The Bertz CT molecular complexity index is 378. The van der Waals surface area contributed by atoms with Crippen molar-refractivity contribution < 1.29 is 19.4 Å². The third kappa shape index (κ3) is 6.22. The number of rotatable bonds is 9. The third-order valence-electron chi connectivity index (χ3n) is 2.71. The van der Waals surface area contributed by atoms with Gasteiger partial charge >= 0.3 is 5.97 Å². The van der Waals surface area contributed by atoms with Crippen LogP contribution in [0, 0.1) is 0 Å². The van der Waals surface area contributed by atoms with Crippen LogP contribution < -0.4 is 10.5 Å². The van der Waals surface area contributed by atoms with E-state index in [1.165, 1.54) is 6.92 Å². The largest absolute Gasteiger partial charge is 0.491 e. The number of carboxylic acids is 1. The lowest BCUT2D eigenvalue weighted by Gasteiger charge is -2.18. The van der Waals surface area contributed by atoms with Crippen molar-refractivity contribution in [3.05, 3.63) is 30.3 Å². The van der Waals surface area contributed by atoms with E-state index >= 15 is 0 Å². The molecule has 0 radical (unpaired) electrons. The fourth-order valence-corrected chi connectivity index (χ4v) is 1.49. The molecule has 1 aromatic carbocycles. The van der Waals surface area contributed by atoms with Crippen molar-refractivity contribution in [3.8, 4) is 5.75 Å². The highest BCUT2D eigenvalue weighted by Gasteiger charge is 2.26. The van der Waals surface area contributed by atoms with Gasteiger partial charge in [-0.15, -0.1) is 0 Å². The van der Waals surface area contributed by atoms with Gasteiger partial charge in [-0.25, -0.2) is 0 Å². The predicted octanol–water partition coefficient (Wildman–Crippen LogP) is 1.66. The first-order valence-corrected chi connectivity index (χ1v) is 6.30. The first kappa shape index (κ1) is 15.5. The lowest BCUT2D eigenvalue weighted by molar-refractivity contribution is -0.143. The molecule has 0 saturated heterocycles. The number of benzene rings is 1. The van der Waals surface area contributed by atoms with Crippen molar-refractivity contribution in [1.82, 2.24) is 0 Å². The second kappa shape index (κ2) is 7.76. The van der Waals surface area contributed by atoms with E-state index in [-0.39, 0.29) is 0 Å². The van der Waals surface area contributed by atoms with E-state index in [0.29, 0.717) is 32.7 Å². The van der Waals surface area contributed by atoms with E-state index in [2.05, 4.69) is 0 Å². The number of hydrogen-bond acceptors (Lipinski definition) is 4. The lowest BCUT2D eigenvalue weighted by Crippen LogP contribution is -2.44.